The third-order valence-electron chi connectivity index (χ3n) is 2.92. The van der Waals surface area contributed by atoms with E-state index in [1.807, 2.05) is 44.2 Å². The van der Waals surface area contributed by atoms with Crippen LogP contribution in [0.15, 0.2) is 40.2 Å². The quantitative estimate of drug-likeness (QED) is 0.763. The van der Waals surface area contributed by atoms with Crippen LogP contribution < -0.4 is 5.32 Å². The molecular weight excluding hydrogens is 306 g/mol. The molecule has 0 aliphatic rings. The number of nitrogens with zero attached hydrogens (tertiary/aromatic N) is 2. The van der Waals surface area contributed by atoms with Crippen molar-refractivity contribution in [1.82, 2.24) is 15.5 Å². The van der Waals surface area contributed by atoms with Gasteiger partial charge in [-0.3, -0.25) is 5.32 Å². The van der Waals surface area contributed by atoms with Gasteiger partial charge in [-0.1, -0.05) is 53.4 Å². The van der Waals surface area contributed by atoms with Crippen molar-refractivity contribution >= 4 is 29.1 Å². The molecule has 1 unspecified atom stereocenters. The first kappa shape index (κ1) is 15.9. The molecule has 1 aromatic heterocycles. The maximum Gasteiger partial charge on any atom is 0.329 e. The van der Waals surface area contributed by atoms with E-state index in [-0.39, 0.29) is 6.04 Å². The summed E-state index contributed by atoms with van der Waals surface area (Å²) in [6.07, 6.45) is 0. The second-order valence-electron chi connectivity index (χ2n) is 4.87. The Bertz CT molecular complexity index is 575. The zero-order chi connectivity index (χ0) is 15.3. The zero-order valence-corrected chi connectivity index (χ0v) is 13.4. The smallest absolute Gasteiger partial charge is 0.329 e. The molecular formula is C14H17N3O2S2. The summed E-state index contributed by atoms with van der Waals surface area (Å²) in [5, 5.41) is 20.8. The van der Waals surface area contributed by atoms with E-state index < -0.39 is 11.5 Å². The second-order valence-corrected chi connectivity index (χ2v) is 6.92. The van der Waals surface area contributed by atoms with Crippen molar-refractivity contribution in [2.75, 3.05) is 5.75 Å². The number of aromatic nitrogens is 2. The summed E-state index contributed by atoms with van der Waals surface area (Å²) in [5.41, 5.74) is 1.23. The maximum atomic E-state index is 12.0. The average molecular weight is 323 g/mol. The minimum absolute atomic E-state index is 0.0383. The maximum absolute atomic E-state index is 12.0. The molecule has 0 amide bonds. The summed E-state index contributed by atoms with van der Waals surface area (Å²) in [4.78, 5) is 12.0. The Morgan fingerprint density at radius 2 is 2.14 bits per heavy atom. The van der Waals surface area contributed by atoms with E-state index >= 15 is 0 Å². The number of aliphatic carboxylic acids is 1. The predicted octanol–water partition coefficient (Wildman–Crippen LogP) is 2.61. The fourth-order valence-corrected chi connectivity index (χ4v) is 3.74. The number of carboxylic acid groups (broad SMARTS) is 1. The molecule has 1 heterocycles. The predicted molar refractivity (Wildman–Crippen MR) is 84.7 cm³/mol. The van der Waals surface area contributed by atoms with Crippen LogP contribution in [0.1, 0.15) is 19.4 Å². The van der Waals surface area contributed by atoms with Gasteiger partial charge in [0.25, 0.3) is 0 Å². The van der Waals surface area contributed by atoms with Gasteiger partial charge in [0.2, 0.25) is 0 Å². The largest absolute Gasteiger partial charge is 0.480 e. The molecule has 21 heavy (non-hydrogen) atoms. The Hall–Kier alpha value is -1.44. The van der Waals surface area contributed by atoms with Crippen molar-refractivity contribution < 1.29 is 9.90 Å². The van der Waals surface area contributed by atoms with Crippen LogP contribution in [0, 0.1) is 0 Å². The Morgan fingerprint density at radius 1 is 1.43 bits per heavy atom. The number of carboxylic acids is 1. The molecule has 1 atom stereocenters. The number of hydrogen-bond acceptors (Lipinski definition) is 6. The zero-order valence-electron chi connectivity index (χ0n) is 11.8. The number of benzene rings is 1. The molecule has 0 bridgehead atoms. The highest BCUT2D eigenvalue weighted by Crippen LogP contribution is 2.31. The van der Waals surface area contributed by atoms with E-state index in [1.165, 1.54) is 23.1 Å². The van der Waals surface area contributed by atoms with Gasteiger partial charge in [0.15, 0.2) is 9.88 Å². The molecule has 7 heteroatoms. The molecule has 0 spiro atoms. The van der Waals surface area contributed by atoms with Crippen molar-refractivity contribution in [1.29, 1.82) is 0 Å². The van der Waals surface area contributed by atoms with Gasteiger partial charge in [0, 0.05) is 11.8 Å². The third kappa shape index (κ3) is 3.81. The molecule has 0 aliphatic carbocycles. The van der Waals surface area contributed by atoms with E-state index in [0.717, 1.165) is 9.90 Å². The Labute approximate surface area is 131 Å². The number of hydrogen-bond donors (Lipinski definition) is 2. The van der Waals surface area contributed by atoms with Crippen LogP contribution in [0.5, 0.6) is 0 Å². The molecule has 0 saturated carbocycles. The van der Waals surface area contributed by atoms with E-state index in [4.69, 9.17) is 0 Å². The number of nitrogens with one attached hydrogen (secondary N) is 1. The van der Waals surface area contributed by atoms with Gasteiger partial charge in [-0.05, 0) is 19.4 Å². The molecule has 5 nitrogen and oxygen atoms in total. The summed E-state index contributed by atoms with van der Waals surface area (Å²) >= 11 is 2.81. The first-order valence-corrected chi connectivity index (χ1v) is 8.37. The monoisotopic (exact) mass is 323 g/mol. The van der Waals surface area contributed by atoms with Crippen molar-refractivity contribution in [3.05, 3.63) is 41.4 Å². The summed E-state index contributed by atoms with van der Waals surface area (Å²) in [6.45, 7) is 3.88. The lowest BCUT2D eigenvalue weighted by Gasteiger charge is -2.32. The molecule has 2 rings (SSSR count). The van der Waals surface area contributed by atoms with Crippen LogP contribution in [0.4, 0.5) is 0 Å². The van der Waals surface area contributed by atoms with E-state index in [1.54, 1.807) is 5.51 Å². The number of thioether (sulfide) groups is 1. The second kappa shape index (κ2) is 7.02. The molecule has 112 valence electrons. The molecule has 2 N–H and O–H groups in total. The van der Waals surface area contributed by atoms with E-state index in [0.29, 0.717) is 5.75 Å². The highest BCUT2D eigenvalue weighted by atomic mass is 32.2. The van der Waals surface area contributed by atoms with Gasteiger partial charge in [-0.15, -0.1) is 10.2 Å². The number of carbonyl (C=O) groups is 1. The highest BCUT2D eigenvalue weighted by Gasteiger charge is 2.41. The van der Waals surface area contributed by atoms with E-state index in [2.05, 4.69) is 15.5 Å². The molecule has 0 aliphatic heterocycles. The topological polar surface area (TPSA) is 75.1 Å². The molecule has 2 aromatic rings. The van der Waals surface area contributed by atoms with Crippen molar-refractivity contribution in [2.24, 2.45) is 0 Å². The van der Waals surface area contributed by atoms with Crippen LogP contribution in [0.2, 0.25) is 0 Å². The minimum Gasteiger partial charge on any atom is -0.480 e. The first-order valence-electron chi connectivity index (χ1n) is 6.50. The van der Waals surface area contributed by atoms with Crippen LogP contribution in [0.3, 0.4) is 0 Å². The lowest BCUT2D eigenvalue weighted by Crippen LogP contribution is -2.54. The van der Waals surface area contributed by atoms with Gasteiger partial charge < -0.3 is 5.11 Å². The average Bonchev–Trinajstić information content (AvgIpc) is 2.97. The van der Waals surface area contributed by atoms with Crippen molar-refractivity contribution in [2.45, 2.75) is 29.8 Å². The van der Waals surface area contributed by atoms with Gasteiger partial charge in [-0.2, -0.15) is 0 Å². The summed E-state index contributed by atoms with van der Waals surface area (Å²) in [6, 6.07) is 9.30. The Balaban J connectivity index is 2.33. The lowest BCUT2D eigenvalue weighted by molar-refractivity contribution is -0.144. The van der Waals surface area contributed by atoms with Gasteiger partial charge >= 0.3 is 5.97 Å². The Morgan fingerprint density at radius 3 is 2.67 bits per heavy atom. The highest BCUT2D eigenvalue weighted by molar-refractivity contribution is 8.01. The molecule has 0 radical (unpaired) electrons. The van der Waals surface area contributed by atoms with Crippen LogP contribution >= 0.6 is 23.1 Å². The molecule has 1 aromatic carbocycles. The van der Waals surface area contributed by atoms with Gasteiger partial charge in [-0.25, -0.2) is 4.79 Å². The van der Waals surface area contributed by atoms with Crippen molar-refractivity contribution in [3.63, 3.8) is 0 Å². The summed E-state index contributed by atoms with van der Waals surface area (Å²) < 4.78 is 0.766. The SMILES string of the molecule is CC(C)NC(CSc1nncs1)(C(=O)O)c1ccccc1. The van der Waals surface area contributed by atoms with Crippen molar-refractivity contribution in [3.8, 4) is 0 Å². The van der Waals surface area contributed by atoms with Crippen LogP contribution in [0.25, 0.3) is 0 Å². The van der Waals surface area contributed by atoms with Crippen LogP contribution in [-0.2, 0) is 10.3 Å². The normalized spacial score (nSPS) is 14.0. The first-order chi connectivity index (χ1) is 10.0. The summed E-state index contributed by atoms with van der Waals surface area (Å²) in [7, 11) is 0. The third-order valence-corrected chi connectivity index (χ3v) is 4.95. The lowest BCUT2D eigenvalue weighted by atomic mass is 9.91. The van der Waals surface area contributed by atoms with Gasteiger partial charge in [0.1, 0.15) is 5.51 Å². The summed E-state index contributed by atoms with van der Waals surface area (Å²) in [5.74, 6) is -0.542. The molecule has 0 fully saturated rings. The fraction of sp³-hybridized carbons (Fsp3) is 0.357. The number of rotatable bonds is 7. The van der Waals surface area contributed by atoms with E-state index in [9.17, 15) is 9.90 Å². The standard InChI is InChI=1S/C14H17N3O2S2/c1-10(2)16-14(12(18)19,11-6-4-3-5-7-11)8-20-13-17-15-9-21-13/h3-7,9-10,16H,8H2,1-2H3,(H,18,19). The molecule has 0 saturated heterocycles. The minimum atomic E-state index is -1.15. The van der Waals surface area contributed by atoms with Crippen LogP contribution in [-0.4, -0.2) is 33.1 Å². The Kier molecular flexibility index (Phi) is 5.33. The fourth-order valence-electron chi connectivity index (χ4n) is 2.07. The van der Waals surface area contributed by atoms with Gasteiger partial charge in [0.05, 0.1) is 0 Å².